The molecule has 4 nitrogen and oxygen atoms in total. The minimum Gasteiger partial charge on any atom is -0.398 e. The lowest BCUT2D eigenvalue weighted by Crippen LogP contribution is -1.93. The van der Waals surface area contributed by atoms with Crippen molar-refractivity contribution < 1.29 is 4.92 Å². The van der Waals surface area contributed by atoms with Gasteiger partial charge in [0.2, 0.25) is 0 Å². The Bertz CT molecular complexity index is 309. The van der Waals surface area contributed by atoms with Gasteiger partial charge >= 0.3 is 0 Å². The summed E-state index contributed by atoms with van der Waals surface area (Å²) < 4.78 is 1.08. The van der Waals surface area contributed by atoms with E-state index in [1.54, 1.807) is 0 Å². The van der Waals surface area contributed by atoms with Gasteiger partial charge in [-0.15, -0.1) is 0 Å². The minimum absolute atomic E-state index is 0.500. The second-order valence-corrected chi connectivity index (χ2v) is 3.70. The van der Waals surface area contributed by atoms with Crippen LogP contribution in [0.5, 0.6) is 0 Å². The molecule has 1 aromatic rings. The number of hydrogen-bond donors (Lipinski definition) is 1. The number of benzene rings is 1. The Morgan fingerprint density at radius 2 is 1.86 bits per heavy atom. The molecule has 1 rings (SSSR count). The fourth-order valence-electron chi connectivity index (χ4n) is 0.837. The molecule has 0 heterocycles. The predicted molar refractivity (Wildman–Crippen MR) is 60.9 cm³/mol. The SMILES string of the molecule is C[N+](=O)[O-].Cc1ccc(Br)c(C)c1N. The normalized spacial score (nSPS) is 8.86. The maximum atomic E-state index is 8.81. The lowest BCUT2D eigenvalue weighted by atomic mass is 10.1. The summed E-state index contributed by atoms with van der Waals surface area (Å²) in [6, 6.07) is 4.02. The van der Waals surface area contributed by atoms with Gasteiger partial charge in [0.15, 0.2) is 7.05 Å². The van der Waals surface area contributed by atoms with Gasteiger partial charge in [-0.1, -0.05) is 22.0 Å². The second kappa shape index (κ2) is 5.59. The van der Waals surface area contributed by atoms with Gasteiger partial charge in [-0.25, -0.2) is 0 Å². The van der Waals surface area contributed by atoms with Gasteiger partial charge in [-0.2, -0.15) is 0 Å². The molecule has 0 aliphatic carbocycles. The number of nitrogens with zero attached hydrogens (tertiary/aromatic N) is 1. The maximum absolute atomic E-state index is 8.81. The van der Waals surface area contributed by atoms with Crippen molar-refractivity contribution in [1.29, 1.82) is 0 Å². The van der Waals surface area contributed by atoms with Gasteiger partial charge in [0, 0.05) is 15.1 Å². The number of nitrogens with two attached hydrogens (primary N) is 1. The van der Waals surface area contributed by atoms with Crippen LogP contribution in [0.15, 0.2) is 16.6 Å². The highest BCUT2D eigenvalue weighted by Crippen LogP contribution is 2.24. The molecule has 0 amide bonds. The Hall–Kier alpha value is -1.10. The Balaban J connectivity index is 0.000000364. The zero-order chi connectivity index (χ0) is 11.3. The van der Waals surface area contributed by atoms with Crippen molar-refractivity contribution in [2.45, 2.75) is 13.8 Å². The average molecular weight is 261 g/mol. The molecule has 0 radical (unpaired) electrons. The van der Waals surface area contributed by atoms with E-state index in [9.17, 15) is 0 Å². The van der Waals surface area contributed by atoms with Crippen LogP contribution in [0.25, 0.3) is 0 Å². The molecule has 1 aromatic carbocycles. The molecule has 0 aliphatic rings. The van der Waals surface area contributed by atoms with Crippen LogP contribution in [-0.2, 0) is 0 Å². The standard InChI is InChI=1S/C8H10BrN.CH3NO2/c1-5-3-4-7(9)6(2)8(5)10;1-2(3)4/h3-4H,10H2,1-2H3;1H3. The van der Waals surface area contributed by atoms with Crippen LogP contribution in [-0.4, -0.2) is 12.0 Å². The number of anilines is 1. The van der Waals surface area contributed by atoms with Crippen LogP contribution < -0.4 is 5.73 Å². The summed E-state index contributed by atoms with van der Waals surface area (Å²) in [5, 5.41) is 8.81. The molecule has 0 fully saturated rings. The lowest BCUT2D eigenvalue weighted by molar-refractivity contribution is -0.445. The van der Waals surface area contributed by atoms with Gasteiger partial charge in [0.25, 0.3) is 0 Å². The topological polar surface area (TPSA) is 69.2 Å². The van der Waals surface area contributed by atoms with Crippen LogP contribution in [0.1, 0.15) is 11.1 Å². The highest BCUT2D eigenvalue weighted by Gasteiger charge is 1.99. The fourth-order valence-corrected chi connectivity index (χ4v) is 1.18. The minimum atomic E-state index is -0.500. The Morgan fingerprint density at radius 1 is 1.43 bits per heavy atom. The Kier molecular flexibility index (Phi) is 5.15. The number of nitrogen functional groups attached to an aromatic ring is 1. The highest BCUT2D eigenvalue weighted by molar-refractivity contribution is 9.10. The van der Waals surface area contributed by atoms with E-state index in [2.05, 4.69) is 15.9 Å². The summed E-state index contributed by atoms with van der Waals surface area (Å²) in [6.07, 6.45) is 0. The summed E-state index contributed by atoms with van der Waals surface area (Å²) in [5.41, 5.74) is 8.90. The summed E-state index contributed by atoms with van der Waals surface area (Å²) in [5.74, 6) is 0. The van der Waals surface area contributed by atoms with Crippen molar-refractivity contribution >= 4 is 21.6 Å². The van der Waals surface area contributed by atoms with E-state index in [1.807, 2.05) is 26.0 Å². The molecular formula is C9H13BrN2O2. The molecule has 2 N–H and O–H groups in total. The third kappa shape index (κ3) is 4.23. The first-order valence-electron chi connectivity index (χ1n) is 3.95. The second-order valence-electron chi connectivity index (χ2n) is 2.84. The predicted octanol–water partition coefficient (Wildman–Crippen LogP) is 2.54. The number of hydrogen-bond acceptors (Lipinski definition) is 3. The van der Waals surface area contributed by atoms with E-state index in [0.717, 1.165) is 28.3 Å². The number of aryl methyl sites for hydroxylation is 1. The maximum Gasteiger partial charge on any atom is 0.194 e. The number of nitro groups is 1. The van der Waals surface area contributed by atoms with Crippen LogP contribution in [0.3, 0.4) is 0 Å². The average Bonchev–Trinajstić information content (AvgIpc) is 2.07. The third-order valence-corrected chi connectivity index (χ3v) is 2.53. The lowest BCUT2D eigenvalue weighted by Gasteiger charge is -2.04. The van der Waals surface area contributed by atoms with Crippen molar-refractivity contribution in [3.05, 3.63) is 37.8 Å². The molecule has 0 saturated carbocycles. The molecule has 0 bridgehead atoms. The number of rotatable bonds is 0. The highest BCUT2D eigenvalue weighted by atomic mass is 79.9. The fraction of sp³-hybridized carbons (Fsp3) is 0.333. The largest absolute Gasteiger partial charge is 0.398 e. The summed E-state index contributed by atoms with van der Waals surface area (Å²) >= 11 is 3.40. The molecule has 0 spiro atoms. The summed E-state index contributed by atoms with van der Waals surface area (Å²) in [4.78, 5) is 8.31. The van der Waals surface area contributed by atoms with Gasteiger partial charge in [0.1, 0.15) is 0 Å². The zero-order valence-corrected chi connectivity index (χ0v) is 9.96. The van der Waals surface area contributed by atoms with E-state index < -0.39 is 4.92 Å². The smallest absolute Gasteiger partial charge is 0.194 e. The summed E-state index contributed by atoms with van der Waals surface area (Å²) in [7, 11) is 0.889. The molecule has 5 heteroatoms. The monoisotopic (exact) mass is 260 g/mol. The van der Waals surface area contributed by atoms with Gasteiger partial charge in [-0.05, 0) is 31.0 Å². The van der Waals surface area contributed by atoms with Gasteiger partial charge in [0.05, 0.1) is 0 Å². The van der Waals surface area contributed by atoms with Crippen LogP contribution in [0.2, 0.25) is 0 Å². The van der Waals surface area contributed by atoms with E-state index in [1.165, 1.54) is 0 Å². The van der Waals surface area contributed by atoms with E-state index >= 15 is 0 Å². The first-order valence-corrected chi connectivity index (χ1v) is 4.74. The first kappa shape index (κ1) is 12.9. The van der Waals surface area contributed by atoms with Crippen molar-refractivity contribution in [2.75, 3.05) is 12.8 Å². The molecule has 78 valence electrons. The van der Waals surface area contributed by atoms with Gasteiger partial charge in [-0.3, -0.25) is 10.1 Å². The van der Waals surface area contributed by atoms with Crippen molar-refractivity contribution in [3.8, 4) is 0 Å². The van der Waals surface area contributed by atoms with Crippen LogP contribution >= 0.6 is 15.9 Å². The van der Waals surface area contributed by atoms with Crippen molar-refractivity contribution in [3.63, 3.8) is 0 Å². The number of halogens is 1. The first-order chi connectivity index (χ1) is 6.36. The quantitative estimate of drug-likeness (QED) is 0.443. The van der Waals surface area contributed by atoms with Crippen LogP contribution in [0, 0.1) is 24.0 Å². The third-order valence-electron chi connectivity index (χ3n) is 1.67. The van der Waals surface area contributed by atoms with Crippen molar-refractivity contribution in [2.24, 2.45) is 0 Å². The molecule has 0 unspecified atom stereocenters. The van der Waals surface area contributed by atoms with E-state index in [-0.39, 0.29) is 0 Å². The van der Waals surface area contributed by atoms with E-state index in [0.29, 0.717) is 0 Å². The van der Waals surface area contributed by atoms with E-state index in [4.69, 9.17) is 15.8 Å². The Morgan fingerprint density at radius 3 is 2.21 bits per heavy atom. The van der Waals surface area contributed by atoms with Crippen LogP contribution in [0.4, 0.5) is 5.69 Å². The molecule has 0 aromatic heterocycles. The molecule has 0 atom stereocenters. The molecule has 14 heavy (non-hydrogen) atoms. The molecule has 0 aliphatic heterocycles. The summed E-state index contributed by atoms with van der Waals surface area (Å²) in [6.45, 7) is 4.02. The molecule has 0 saturated heterocycles. The van der Waals surface area contributed by atoms with Crippen molar-refractivity contribution in [1.82, 2.24) is 0 Å². The van der Waals surface area contributed by atoms with Gasteiger partial charge < -0.3 is 5.73 Å². The zero-order valence-electron chi connectivity index (χ0n) is 8.37. The Labute approximate surface area is 91.4 Å². The molecular weight excluding hydrogens is 248 g/mol.